The molecule has 0 saturated carbocycles. The Hall–Kier alpha value is -1.91. The average molecular weight is 303 g/mol. The zero-order valence-electron chi connectivity index (χ0n) is 10.5. The first-order chi connectivity index (χ1) is 9.81. The van der Waals surface area contributed by atoms with Gasteiger partial charge in [-0.15, -0.1) is 5.10 Å². The molecule has 0 fully saturated rings. The minimum Gasteiger partial charge on any atom is -0.489 e. The van der Waals surface area contributed by atoms with Crippen LogP contribution in [0.1, 0.15) is 5.56 Å². The lowest BCUT2D eigenvalue weighted by atomic mass is 10.1. The van der Waals surface area contributed by atoms with Crippen molar-refractivity contribution >= 4 is 23.1 Å². The van der Waals surface area contributed by atoms with E-state index in [4.69, 9.17) is 16.3 Å². The number of rotatable bonds is 4. The Balaban J connectivity index is 1.65. The van der Waals surface area contributed by atoms with Crippen molar-refractivity contribution in [3.63, 3.8) is 0 Å². The van der Waals surface area contributed by atoms with Gasteiger partial charge in [-0.25, -0.2) is 0 Å². The van der Waals surface area contributed by atoms with E-state index >= 15 is 0 Å². The summed E-state index contributed by atoms with van der Waals surface area (Å²) in [5.41, 5.74) is 3.07. The fraction of sp³-hybridized carbons (Fsp3) is 0.0667. The third-order valence-electron chi connectivity index (χ3n) is 2.83. The van der Waals surface area contributed by atoms with Gasteiger partial charge in [-0.3, -0.25) is 0 Å². The fourth-order valence-corrected chi connectivity index (χ4v) is 2.35. The van der Waals surface area contributed by atoms with E-state index in [9.17, 15) is 0 Å². The van der Waals surface area contributed by atoms with E-state index in [0.29, 0.717) is 11.6 Å². The molecule has 0 N–H and O–H groups in total. The summed E-state index contributed by atoms with van der Waals surface area (Å²) in [4.78, 5) is 0. The van der Waals surface area contributed by atoms with Crippen molar-refractivity contribution in [2.45, 2.75) is 6.61 Å². The lowest BCUT2D eigenvalue weighted by Gasteiger charge is -2.06. The molecule has 0 radical (unpaired) electrons. The van der Waals surface area contributed by atoms with Crippen LogP contribution in [0.5, 0.6) is 5.75 Å². The molecule has 3 nitrogen and oxygen atoms in total. The number of halogens is 1. The highest BCUT2D eigenvalue weighted by Gasteiger charge is 2.01. The second-order valence-corrected chi connectivity index (χ2v) is 5.28. The maximum atomic E-state index is 5.83. The van der Waals surface area contributed by atoms with Gasteiger partial charge in [-0.05, 0) is 41.4 Å². The number of hydrogen-bond donors (Lipinski definition) is 0. The summed E-state index contributed by atoms with van der Waals surface area (Å²) in [5, 5.41) is 6.68. The molecule has 0 bridgehead atoms. The van der Waals surface area contributed by atoms with Gasteiger partial charge in [0, 0.05) is 16.0 Å². The van der Waals surface area contributed by atoms with E-state index < -0.39 is 0 Å². The van der Waals surface area contributed by atoms with Crippen molar-refractivity contribution in [3.05, 3.63) is 64.5 Å². The van der Waals surface area contributed by atoms with E-state index in [1.807, 2.05) is 53.9 Å². The highest BCUT2D eigenvalue weighted by Crippen LogP contribution is 2.20. The minimum atomic E-state index is 0.525. The number of nitrogens with zero attached hydrogens (tertiary/aromatic N) is 2. The zero-order valence-corrected chi connectivity index (χ0v) is 12.1. The van der Waals surface area contributed by atoms with Crippen LogP contribution in [0.4, 0.5) is 0 Å². The van der Waals surface area contributed by atoms with Gasteiger partial charge in [0.2, 0.25) is 0 Å². The quantitative estimate of drug-likeness (QED) is 0.715. The van der Waals surface area contributed by atoms with Crippen molar-refractivity contribution in [2.24, 2.45) is 0 Å². The topological polar surface area (TPSA) is 35.0 Å². The molecule has 0 aliphatic rings. The second kappa shape index (κ2) is 6.03. The van der Waals surface area contributed by atoms with Crippen molar-refractivity contribution in [3.8, 4) is 17.0 Å². The standard InChI is InChI=1S/C15H11ClN2OS/c16-13-5-7-14(8-6-13)19-9-11-1-3-12(4-2-11)15-10-20-18-17-15/h1-8,10H,9H2. The van der Waals surface area contributed by atoms with Crippen LogP contribution in [-0.4, -0.2) is 9.59 Å². The predicted molar refractivity (Wildman–Crippen MR) is 81.1 cm³/mol. The molecule has 1 heterocycles. The van der Waals surface area contributed by atoms with Gasteiger partial charge < -0.3 is 4.74 Å². The first-order valence-electron chi connectivity index (χ1n) is 6.06. The molecular formula is C15H11ClN2OS. The molecule has 20 heavy (non-hydrogen) atoms. The predicted octanol–water partition coefficient (Wildman–Crippen LogP) is 4.44. The summed E-state index contributed by atoms with van der Waals surface area (Å²) in [7, 11) is 0. The van der Waals surface area contributed by atoms with Crippen LogP contribution in [0.2, 0.25) is 5.02 Å². The molecule has 3 rings (SSSR count). The third-order valence-corrected chi connectivity index (χ3v) is 3.59. The first-order valence-corrected chi connectivity index (χ1v) is 7.27. The van der Waals surface area contributed by atoms with Crippen LogP contribution in [0.3, 0.4) is 0 Å². The van der Waals surface area contributed by atoms with Gasteiger partial charge in [0.25, 0.3) is 0 Å². The van der Waals surface area contributed by atoms with Crippen LogP contribution in [0.15, 0.2) is 53.9 Å². The molecule has 0 saturated heterocycles. The molecule has 0 unspecified atom stereocenters. The van der Waals surface area contributed by atoms with Gasteiger partial charge in [-0.2, -0.15) is 0 Å². The van der Waals surface area contributed by atoms with Gasteiger partial charge in [0.05, 0.1) is 0 Å². The van der Waals surface area contributed by atoms with Crippen LogP contribution >= 0.6 is 23.1 Å². The van der Waals surface area contributed by atoms with Crippen LogP contribution in [0.25, 0.3) is 11.3 Å². The summed E-state index contributed by atoms with van der Waals surface area (Å²) in [6, 6.07) is 15.5. The van der Waals surface area contributed by atoms with Crippen LogP contribution in [-0.2, 0) is 6.61 Å². The van der Waals surface area contributed by atoms with Crippen molar-refractivity contribution in [1.29, 1.82) is 0 Å². The molecule has 100 valence electrons. The maximum Gasteiger partial charge on any atom is 0.119 e. The Bertz CT molecular complexity index is 666. The van der Waals surface area contributed by atoms with Crippen molar-refractivity contribution in [2.75, 3.05) is 0 Å². The monoisotopic (exact) mass is 302 g/mol. The van der Waals surface area contributed by atoms with Gasteiger partial charge >= 0.3 is 0 Å². The van der Waals surface area contributed by atoms with Crippen molar-refractivity contribution < 1.29 is 4.74 Å². The number of hydrogen-bond acceptors (Lipinski definition) is 4. The molecule has 0 amide bonds. The van der Waals surface area contributed by atoms with Gasteiger partial charge in [0.1, 0.15) is 18.1 Å². The molecule has 0 spiro atoms. The van der Waals surface area contributed by atoms with Gasteiger partial charge in [0.15, 0.2) is 0 Å². The molecule has 2 aromatic carbocycles. The molecule has 1 aromatic heterocycles. The average Bonchev–Trinajstić information content (AvgIpc) is 3.01. The van der Waals surface area contributed by atoms with E-state index in [-0.39, 0.29) is 0 Å². The molecule has 0 aliphatic heterocycles. The fourth-order valence-electron chi connectivity index (χ4n) is 1.76. The minimum absolute atomic E-state index is 0.525. The van der Waals surface area contributed by atoms with Crippen molar-refractivity contribution in [1.82, 2.24) is 9.59 Å². The van der Waals surface area contributed by atoms with E-state index in [1.54, 1.807) is 0 Å². The number of aromatic nitrogens is 2. The molecule has 0 aliphatic carbocycles. The Morgan fingerprint density at radius 1 is 1.00 bits per heavy atom. The number of benzene rings is 2. The number of ether oxygens (including phenoxy) is 1. The highest BCUT2D eigenvalue weighted by molar-refractivity contribution is 7.03. The molecule has 0 atom stereocenters. The van der Waals surface area contributed by atoms with E-state index in [0.717, 1.165) is 22.6 Å². The lowest BCUT2D eigenvalue weighted by molar-refractivity contribution is 0.306. The highest BCUT2D eigenvalue weighted by atomic mass is 35.5. The molecule has 5 heteroatoms. The largest absolute Gasteiger partial charge is 0.489 e. The summed E-state index contributed by atoms with van der Waals surface area (Å²) < 4.78 is 9.55. The van der Waals surface area contributed by atoms with E-state index in [2.05, 4.69) is 9.59 Å². The van der Waals surface area contributed by atoms with E-state index in [1.165, 1.54) is 11.5 Å². The molecule has 3 aromatic rings. The Labute approximate surface area is 126 Å². The Morgan fingerprint density at radius 2 is 1.75 bits per heavy atom. The van der Waals surface area contributed by atoms with Crippen LogP contribution in [0, 0.1) is 0 Å². The Morgan fingerprint density at radius 3 is 2.40 bits per heavy atom. The zero-order chi connectivity index (χ0) is 13.8. The smallest absolute Gasteiger partial charge is 0.119 e. The lowest BCUT2D eigenvalue weighted by Crippen LogP contribution is -1.95. The second-order valence-electron chi connectivity index (χ2n) is 4.23. The maximum absolute atomic E-state index is 5.83. The molecular weight excluding hydrogens is 292 g/mol. The first kappa shape index (κ1) is 13.1. The summed E-state index contributed by atoms with van der Waals surface area (Å²) >= 11 is 7.18. The third kappa shape index (κ3) is 3.15. The summed E-state index contributed by atoms with van der Waals surface area (Å²) in [5.74, 6) is 0.808. The summed E-state index contributed by atoms with van der Waals surface area (Å²) in [6.45, 7) is 0.525. The normalized spacial score (nSPS) is 10.4. The van der Waals surface area contributed by atoms with Crippen LogP contribution < -0.4 is 4.74 Å². The summed E-state index contributed by atoms with van der Waals surface area (Å²) in [6.07, 6.45) is 0. The SMILES string of the molecule is Clc1ccc(OCc2ccc(-c3csnn3)cc2)cc1. The Kier molecular flexibility index (Phi) is 3.95. The van der Waals surface area contributed by atoms with Gasteiger partial charge in [-0.1, -0.05) is 40.4 Å².